The quantitative estimate of drug-likeness (QED) is 0.280. The SMILES string of the molecule is COc1ccc(NS(=O)(=O)C(OC)(C(N)=O)c2ccccc2)cc1C(=O)CCCCCl. The van der Waals surface area contributed by atoms with Gasteiger partial charge in [-0.15, -0.1) is 11.6 Å². The highest BCUT2D eigenvalue weighted by Gasteiger charge is 2.52. The number of ether oxygens (including phenoxy) is 2. The summed E-state index contributed by atoms with van der Waals surface area (Å²) in [6.45, 7) is 0. The Morgan fingerprint density at radius 2 is 1.77 bits per heavy atom. The van der Waals surface area contributed by atoms with Crippen molar-refractivity contribution in [3.8, 4) is 5.75 Å². The summed E-state index contributed by atoms with van der Waals surface area (Å²) in [5.41, 5.74) is 5.79. The average molecular weight is 469 g/mol. The summed E-state index contributed by atoms with van der Waals surface area (Å²) in [5, 5.41) is 0. The van der Waals surface area contributed by atoms with E-state index in [1.54, 1.807) is 18.2 Å². The van der Waals surface area contributed by atoms with Crippen LogP contribution in [0.4, 0.5) is 5.69 Å². The number of hydrogen-bond donors (Lipinski definition) is 2. The lowest BCUT2D eigenvalue weighted by molar-refractivity contribution is -0.131. The van der Waals surface area contributed by atoms with E-state index < -0.39 is 20.9 Å². The topological polar surface area (TPSA) is 125 Å². The summed E-state index contributed by atoms with van der Waals surface area (Å²) in [5.74, 6) is -0.691. The standard InChI is InChI=1S/C21H25ClN2O6S/c1-29-19-12-11-16(14-17(19)18(25)10-6-7-13-22)24-31(27,28)21(30-2,20(23)26)15-8-4-3-5-9-15/h3-5,8-9,11-12,14,24H,6-7,10,13H2,1-2H3,(H2,23,26). The number of nitrogens with one attached hydrogen (secondary N) is 1. The Balaban J connectivity index is 2.46. The Hall–Kier alpha value is -2.62. The van der Waals surface area contributed by atoms with Gasteiger partial charge in [0, 0.05) is 30.7 Å². The normalized spacial score (nSPS) is 13.3. The number of benzene rings is 2. The third-order valence-corrected chi connectivity index (χ3v) is 6.82. The molecule has 1 unspecified atom stereocenters. The molecule has 0 aromatic heterocycles. The fourth-order valence-electron chi connectivity index (χ4n) is 3.15. The van der Waals surface area contributed by atoms with Crippen LogP contribution in [0.15, 0.2) is 48.5 Å². The zero-order chi connectivity index (χ0) is 23.1. The van der Waals surface area contributed by atoms with Crippen LogP contribution in [-0.4, -0.2) is 40.2 Å². The number of rotatable bonds is 12. The van der Waals surface area contributed by atoms with E-state index in [2.05, 4.69) is 4.72 Å². The van der Waals surface area contributed by atoms with Gasteiger partial charge in [-0.1, -0.05) is 30.3 Å². The number of carbonyl (C=O) groups excluding carboxylic acids is 2. The molecule has 8 nitrogen and oxygen atoms in total. The van der Waals surface area contributed by atoms with E-state index in [-0.39, 0.29) is 29.0 Å². The van der Waals surface area contributed by atoms with Gasteiger partial charge in [-0.05, 0) is 31.0 Å². The number of hydrogen-bond acceptors (Lipinski definition) is 6. The van der Waals surface area contributed by atoms with Crippen LogP contribution in [-0.2, 0) is 24.5 Å². The molecule has 2 aromatic carbocycles. The number of primary amides is 1. The van der Waals surface area contributed by atoms with Crippen molar-refractivity contribution >= 4 is 39.0 Å². The molecule has 0 heterocycles. The second kappa shape index (κ2) is 10.6. The number of ketones is 1. The zero-order valence-electron chi connectivity index (χ0n) is 17.3. The van der Waals surface area contributed by atoms with Crippen LogP contribution in [0.25, 0.3) is 0 Å². The van der Waals surface area contributed by atoms with Crippen LogP contribution in [0.1, 0.15) is 35.2 Å². The van der Waals surface area contributed by atoms with Crippen molar-refractivity contribution in [1.29, 1.82) is 0 Å². The number of carbonyl (C=O) groups is 2. The van der Waals surface area contributed by atoms with Gasteiger partial charge in [0.15, 0.2) is 5.78 Å². The highest BCUT2D eigenvalue weighted by molar-refractivity contribution is 7.94. The molecule has 3 N–H and O–H groups in total. The van der Waals surface area contributed by atoms with Crippen LogP contribution < -0.4 is 15.2 Å². The van der Waals surface area contributed by atoms with Gasteiger partial charge in [0.25, 0.3) is 20.9 Å². The van der Waals surface area contributed by atoms with E-state index in [0.29, 0.717) is 24.5 Å². The first kappa shape index (κ1) is 24.6. The minimum absolute atomic E-state index is 0.0448. The van der Waals surface area contributed by atoms with Crippen LogP contribution in [0, 0.1) is 0 Å². The average Bonchev–Trinajstić information content (AvgIpc) is 2.74. The summed E-state index contributed by atoms with van der Waals surface area (Å²) in [7, 11) is -2.05. The largest absolute Gasteiger partial charge is 0.496 e. The second-order valence-electron chi connectivity index (χ2n) is 6.64. The third-order valence-electron chi connectivity index (χ3n) is 4.68. The molecule has 0 aliphatic carbocycles. The molecule has 0 radical (unpaired) electrons. The van der Waals surface area contributed by atoms with Gasteiger partial charge >= 0.3 is 0 Å². The van der Waals surface area contributed by atoms with Crippen LogP contribution in [0.2, 0.25) is 0 Å². The highest BCUT2D eigenvalue weighted by Crippen LogP contribution is 2.34. The number of unbranched alkanes of at least 4 members (excludes halogenated alkanes) is 1. The van der Waals surface area contributed by atoms with Gasteiger partial charge < -0.3 is 15.2 Å². The Morgan fingerprint density at radius 3 is 2.32 bits per heavy atom. The molecule has 0 saturated heterocycles. The lowest BCUT2D eigenvalue weighted by Gasteiger charge is -2.29. The highest BCUT2D eigenvalue weighted by atomic mass is 35.5. The molecule has 0 spiro atoms. The van der Waals surface area contributed by atoms with Gasteiger partial charge in [-0.3, -0.25) is 14.3 Å². The van der Waals surface area contributed by atoms with Crippen molar-refractivity contribution in [2.75, 3.05) is 24.8 Å². The fourth-order valence-corrected chi connectivity index (χ4v) is 4.85. The molecule has 1 atom stereocenters. The number of methoxy groups -OCH3 is 2. The number of halogens is 1. The van der Waals surface area contributed by atoms with Gasteiger partial charge in [0.2, 0.25) is 0 Å². The Bertz CT molecular complexity index is 1030. The molecule has 0 aliphatic heterocycles. The van der Waals surface area contributed by atoms with E-state index in [4.69, 9.17) is 26.8 Å². The first-order chi connectivity index (χ1) is 14.7. The first-order valence-corrected chi connectivity index (χ1v) is 11.5. The summed E-state index contributed by atoms with van der Waals surface area (Å²) >= 11 is 5.66. The number of anilines is 1. The molecule has 0 aliphatic rings. The maximum atomic E-state index is 13.3. The summed E-state index contributed by atoms with van der Waals surface area (Å²) < 4.78 is 39.3. The minimum Gasteiger partial charge on any atom is -0.496 e. The van der Waals surface area contributed by atoms with Crippen molar-refractivity contribution in [2.45, 2.75) is 24.2 Å². The van der Waals surface area contributed by atoms with Gasteiger partial charge in [0.1, 0.15) is 5.75 Å². The summed E-state index contributed by atoms with van der Waals surface area (Å²) in [4.78, 5) is 22.4. The van der Waals surface area contributed by atoms with E-state index in [1.807, 2.05) is 0 Å². The first-order valence-electron chi connectivity index (χ1n) is 9.43. The molecule has 168 valence electrons. The predicted molar refractivity (Wildman–Crippen MR) is 119 cm³/mol. The maximum absolute atomic E-state index is 13.3. The van der Waals surface area contributed by atoms with Crippen molar-refractivity contribution in [3.05, 3.63) is 59.7 Å². The molecule has 0 fully saturated rings. The second-order valence-corrected chi connectivity index (χ2v) is 8.80. The molecule has 0 saturated carbocycles. The predicted octanol–water partition coefficient (Wildman–Crippen LogP) is 3.01. The Morgan fingerprint density at radius 1 is 1.10 bits per heavy atom. The fraction of sp³-hybridized carbons (Fsp3) is 0.333. The molecule has 2 aromatic rings. The maximum Gasteiger partial charge on any atom is 0.292 e. The summed E-state index contributed by atoms with van der Waals surface area (Å²) in [6.07, 6.45) is 1.49. The number of Topliss-reactive ketones (excluding diaryl/α,β-unsaturated/α-hetero) is 1. The van der Waals surface area contributed by atoms with Gasteiger partial charge in [-0.2, -0.15) is 0 Å². The zero-order valence-corrected chi connectivity index (χ0v) is 18.8. The number of amides is 1. The molecular weight excluding hydrogens is 444 g/mol. The van der Waals surface area contributed by atoms with E-state index in [9.17, 15) is 18.0 Å². The van der Waals surface area contributed by atoms with Crippen LogP contribution >= 0.6 is 11.6 Å². The van der Waals surface area contributed by atoms with Crippen molar-refractivity contribution in [1.82, 2.24) is 0 Å². The van der Waals surface area contributed by atoms with E-state index in [1.165, 1.54) is 37.4 Å². The number of sulfonamides is 1. The van der Waals surface area contributed by atoms with E-state index in [0.717, 1.165) is 7.11 Å². The van der Waals surface area contributed by atoms with Crippen LogP contribution in [0.3, 0.4) is 0 Å². The van der Waals surface area contributed by atoms with Gasteiger partial charge in [-0.25, -0.2) is 8.42 Å². The monoisotopic (exact) mass is 468 g/mol. The lowest BCUT2D eigenvalue weighted by atomic mass is 10.0. The lowest BCUT2D eigenvalue weighted by Crippen LogP contribution is -2.51. The third kappa shape index (κ3) is 5.17. The molecule has 0 bridgehead atoms. The molecular formula is C21H25ClN2O6S. The number of alkyl halides is 1. The van der Waals surface area contributed by atoms with Crippen molar-refractivity contribution in [2.24, 2.45) is 5.73 Å². The summed E-state index contributed by atoms with van der Waals surface area (Å²) in [6, 6.07) is 11.9. The molecule has 31 heavy (non-hydrogen) atoms. The number of nitrogens with two attached hydrogens (primary N) is 1. The van der Waals surface area contributed by atoms with Gasteiger partial charge in [0.05, 0.1) is 12.7 Å². The van der Waals surface area contributed by atoms with Crippen LogP contribution in [0.5, 0.6) is 5.75 Å². The van der Waals surface area contributed by atoms with Crippen molar-refractivity contribution < 1.29 is 27.5 Å². The molecule has 10 heteroatoms. The van der Waals surface area contributed by atoms with Crippen molar-refractivity contribution in [3.63, 3.8) is 0 Å². The Kier molecular flexibility index (Phi) is 8.43. The smallest absolute Gasteiger partial charge is 0.292 e. The minimum atomic E-state index is -4.54. The molecule has 2 rings (SSSR count). The van der Waals surface area contributed by atoms with E-state index >= 15 is 0 Å². The Labute approximate surface area is 186 Å². The molecule has 1 amide bonds.